The molecule has 96 valence electrons. The van der Waals surface area contributed by atoms with E-state index in [0.717, 1.165) is 11.3 Å². The fourth-order valence-electron chi connectivity index (χ4n) is 1.90. The molecule has 1 aromatic rings. The largest absolute Gasteiger partial charge is 0.329 e. The number of carbonyl (C=O) groups excluding carboxylic acids is 2. The highest BCUT2D eigenvalue weighted by Crippen LogP contribution is 2.31. The van der Waals surface area contributed by atoms with Crippen LogP contribution in [0.1, 0.15) is 19.8 Å². The standard InChI is InChI=1S/C12H12Cl2N2O2/c1-2-3-9-11(17)16(12(18)15-9)10-6-7(13)4-5-8(10)14/h4-6,9H,2-3H2,1H3,(H,15,18). The van der Waals surface area contributed by atoms with Gasteiger partial charge in [-0.1, -0.05) is 36.5 Å². The molecule has 1 atom stereocenters. The van der Waals surface area contributed by atoms with E-state index in [4.69, 9.17) is 23.2 Å². The van der Waals surface area contributed by atoms with Crippen LogP contribution in [-0.4, -0.2) is 18.0 Å². The number of halogens is 2. The maximum Gasteiger partial charge on any atom is 0.329 e. The third-order valence-electron chi connectivity index (χ3n) is 2.75. The van der Waals surface area contributed by atoms with Crippen molar-refractivity contribution in [3.05, 3.63) is 28.2 Å². The monoisotopic (exact) mass is 286 g/mol. The number of hydrogen-bond acceptors (Lipinski definition) is 2. The smallest absolute Gasteiger partial charge is 0.325 e. The molecule has 0 aliphatic carbocycles. The quantitative estimate of drug-likeness (QED) is 0.868. The molecule has 1 N–H and O–H groups in total. The van der Waals surface area contributed by atoms with Crippen LogP contribution >= 0.6 is 23.2 Å². The Balaban J connectivity index is 2.36. The highest BCUT2D eigenvalue weighted by molar-refractivity contribution is 6.37. The minimum atomic E-state index is -0.474. The van der Waals surface area contributed by atoms with Gasteiger partial charge in [-0.15, -0.1) is 0 Å². The lowest BCUT2D eigenvalue weighted by atomic mass is 10.1. The summed E-state index contributed by atoms with van der Waals surface area (Å²) in [6, 6.07) is 3.75. The summed E-state index contributed by atoms with van der Waals surface area (Å²) in [5, 5.41) is 3.38. The van der Waals surface area contributed by atoms with Gasteiger partial charge in [0.2, 0.25) is 0 Å². The first-order valence-electron chi connectivity index (χ1n) is 5.64. The van der Waals surface area contributed by atoms with Crippen molar-refractivity contribution in [3.8, 4) is 0 Å². The van der Waals surface area contributed by atoms with E-state index in [0.29, 0.717) is 22.2 Å². The zero-order valence-corrected chi connectivity index (χ0v) is 11.3. The lowest BCUT2D eigenvalue weighted by molar-refractivity contribution is -0.118. The van der Waals surface area contributed by atoms with Crippen LogP contribution in [0.15, 0.2) is 18.2 Å². The summed E-state index contributed by atoms with van der Waals surface area (Å²) in [4.78, 5) is 25.0. The lowest BCUT2D eigenvalue weighted by Gasteiger charge is -2.14. The fraction of sp³-hybridized carbons (Fsp3) is 0.333. The second-order valence-corrected chi connectivity index (χ2v) is 4.90. The van der Waals surface area contributed by atoms with Gasteiger partial charge in [-0.2, -0.15) is 0 Å². The van der Waals surface area contributed by atoms with Gasteiger partial charge in [0.1, 0.15) is 6.04 Å². The Labute approximate surface area is 115 Å². The summed E-state index contributed by atoms with van der Waals surface area (Å²) >= 11 is 11.9. The third-order valence-corrected chi connectivity index (χ3v) is 3.30. The molecule has 0 radical (unpaired) electrons. The molecule has 4 nitrogen and oxygen atoms in total. The Bertz CT molecular complexity index is 505. The van der Waals surface area contributed by atoms with Crippen LogP contribution in [0.5, 0.6) is 0 Å². The molecule has 2 rings (SSSR count). The molecule has 1 saturated heterocycles. The summed E-state index contributed by atoms with van der Waals surface area (Å²) in [6.45, 7) is 1.95. The van der Waals surface area contributed by atoms with Gasteiger partial charge in [0.05, 0.1) is 10.7 Å². The van der Waals surface area contributed by atoms with Crippen molar-refractivity contribution in [3.63, 3.8) is 0 Å². The third kappa shape index (κ3) is 2.31. The molecule has 1 heterocycles. The van der Waals surface area contributed by atoms with Crippen LogP contribution in [0.4, 0.5) is 10.5 Å². The van der Waals surface area contributed by atoms with E-state index in [2.05, 4.69) is 5.32 Å². The van der Waals surface area contributed by atoms with Gasteiger partial charge < -0.3 is 5.32 Å². The molecular formula is C12H12Cl2N2O2. The Morgan fingerprint density at radius 3 is 2.72 bits per heavy atom. The Morgan fingerprint density at radius 1 is 1.33 bits per heavy atom. The molecule has 1 fully saturated rings. The van der Waals surface area contributed by atoms with E-state index in [1.54, 1.807) is 12.1 Å². The maximum absolute atomic E-state index is 12.1. The number of benzene rings is 1. The molecule has 0 saturated carbocycles. The van der Waals surface area contributed by atoms with Crippen molar-refractivity contribution >= 4 is 40.8 Å². The van der Waals surface area contributed by atoms with Crippen molar-refractivity contribution in [1.29, 1.82) is 0 Å². The van der Waals surface area contributed by atoms with Gasteiger partial charge in [0, 0.05) is 5.02 Å². The van der Waals surface area contributed by atoms with Crippen LogP contribution in [0.3, 0.4) is 0 Å². The normalized spacial score (nSPS) is 19.3. The number of amides is 3. The number of nitrogens with one attached hydrogen (secondary N) is 1. The zero-order chi connectivity index (χ0) is 13.3. The van der Waals surface area contributed by atoms with Crippen molar-refractivity contribution in [1.82, 2.24) is 5.32 Å². The number of rotatable bonds is 3. The summed E-state index contributed by atoms with van der Waals surface area (Å²) < 4.78 is 0. The summed E-state index contributed by atoms with van der Waals surface area (Å²) in [6.07, 6.45) is 1.42. The first-order valence-corrected chi connectivity index (χ1v) is 6.39. The van der Waals surface area contributed by atoms with Gasteiger partial charge in [0.15, 0.2) is 0 Å². The van der Waals surface area contributed by atoms with Crippen LogP contribution in [0.25, 0.3) is 0 Å². The van der Waals surface area contributed by atoms with Gasteiger partial charge in [0.25, 0.3) is 5.91 Å². The second-order valence-electron chi connectivity index (χ2n) is 4.06. The van der Waals surface area contributed by atoms with E-state index >= 15 is 0 Å². The van der Waals surface area contributed by atoms with Crippen LogP contribution < -0.4 is 10.2 Å². The van der Waals surface area contributed by atoms with E-state index in [9.17, 15) is 9.59 Å². The number of nitrogens with zero attached hydrogens (tertiary/aromatic N) is 1. The molecular weight excluding hydrogens is 275 g/mol. The van der Waals surface area contributed by atoms with Gasteiger partial charge in [-0.3, -0.25) is 4.79 Å². The molecule has 1 aromatic carbocycles. The SMILES string of the molecule is CCCC1NC(=O)N(c2cc(Cl)ccc2Cl)C1=O. The average Bonchev–Trinajstić information content (AvgIpc) is 2.59. The van der Waals surface area contributed by atoms with Crippen LogP contribution in [0, 0.1) is 0 Å². The van der Waals surface area contributed by atoms with Crippen LogP contribution in [-0.2, 0) is 4.79 Å². The van der Waals surface area contributed by atoms with Crippen molar-refractivity contribution in [2.75, 3.05) is 4.90 Å². The molecule has 3 amide bonds. The van der Waals surface area contributed by atoms with Gasteiger partial charge in [-0.05, 0) is 24.6 Å². The van der Waals surface area contributed by atoms with Crippen molar-refractivity contribution < 1.29 is 9.59 Å². The first kappa shape index (κ1) is 13.2. The predicted molar refractivity (Wildman–Crippen MR) is 71.2 cm³/mol. The molecule has 0 spiro atoms. The molecule has 0 bridgehead atoms. The summed E-state index contributed by atoms with van der Waals surface area (Å²) in [5.74, 6) is -0.286. The highest BCUT2D eigenvalue weighted by Gasteiger charge is 2.39. The van der Waals surface area contributed by atoms with E-state index < -0.39 is 12.1 Å². The van der Waals surface area contributed by atoms with E-state index in [-0.39, 0.29) is 5.91 Å². The zero-order valence-electron chi connectivity index (χ0n) is 9.74. The predicted octanol–water partition coefficient (Wildman–Crippen LogP) is 3.22. The molecule has 18 heavy (non-hydrogen) atoms. The minimum Gasteiger partial charge on any atom is -0.325 e. The van der Waals surface area contributed by atoms with Crippen molar-refractivity contribution in [2.45, 2.75) is 25.8 Å². The summed E-state index contributed by atoms with van der Waals surface area (Å²) in [7, 11) is 0. The Morgan fingerprint density at radius 2 is 2.06 bits per heavy atom. The molecule has 1 aliphatic rings. The van der Waals surface area contributed by atoms with Crippen LogP contribution in [0.2, 0.25) is 10.0 Å². The average molecular weight is 287 g/mol. The van der Waals surface area contributed by atoms with Crippen molar-refractivity contribution in [2.24, 2.45) is 0 Å². The molecule has 6 heteroatoms. The number of hydrogen-bond donors (Lipinski definition) is 1. The second kappa shape index (κ2) is 5.16. The molecule has 0 aromatic heterocycles. The highest BCUT2D eigenvalue weighted by atomic mass is 35.5. The number of carbonyl (C=O) groups is 2. The van der Waals surface area contributed by atoms with E-state index in [1.165, 1.54) is 6.07 Å². The van der Waals surface area contributed by atoms with E-state index in [1.807, 2.05) is 6.92 Å². The number of anilines is 1. The minimum absolute atomic E-state index is 0.286. The van der Waals surface area contributed by atoms with Gasteiger partial charge in [-0.25, -0.2) is 9.69 Å². The molecule has 1 unspecified atom stereocenters. The Hall–Kier alpha value is -1.26. The number of urea groups is 1. The first-order chi connectivity index (χ1) is 8.54. The fourth-order valence-corrected chi connectivity index (χ4v) is 2.27. The lowest BCUT2D eigenvalue weighted by Crippen LogP contribution is -2.31. The number of imide groups is 1. The maximum atomic E-state index is 12.1. The Kier molecular flexibility index (Phi) is 3.78. The van der Waals surface area contributed by atoms with Gasteiger partial charge >= 0.3 is 6.03 Å². The summed E-state index contributed by atoms with van der Waals surface area (Å²) in [5.41, 5.74) is 0.324. The topological polar surface area (TPSA) is 49.4 Å². The molecule has 1 aliphatic heterocycles.